The SMILES string of the molecule is O=[N+]([O-])c1cnc(Br)c(C(F)(F)F)c1. The van der Waals surface area contributed by atoms with Gasteiger partial charge in [-0.15, -0.1) is 0 Å². The molecule has 0 saturated heterocycles. The van der Waals surface area contributed by atoms with E-state index in [1.54, 1.807) is 0 Å². The van der Waals surface area contributed by atoms with Crippen LogP contribution in [0.25, 0.3) is 0 Å². The number of pyridine rings is 1. The van der Waals surface area contributed by atoms with E-state index in [2.05, 4.69) is 20.9 Å². The van der Waals surface area contributed by atoms with Crippen LogP contribution in [0, 0.1) is 10.1 Å². The molecule has 8 heteroatoms. The van der Waals surface area contributed by atoms with Crippen LogP contribution in [0.3, 0.4) is 0 Å². The second-order valence-electron chi connectivity index (χ2n) is 2.29. The topological polar surface area (TPSA) is 56.0 Å². The number of hydrogen-bond donors (Lipinski definition) is 0. The first-order valence-electron chi connectivity index (χ1n) is 3.19. The zero-order chi connectivity index (χ0) is 10.9. The Morgan fingerprint density at radius 2 is 2.07 bits per heavy atom. The summed E-state index contributed by atoms with van der Waals surface area (Å²) in [6.07, 6.45) is -3.91. The molecule has 0 fully saturated rings. The maximum atomic E-state index is 12.2. The summed E-state index contributed by atoms with van der Waals surface area (Å²) in [5.41, 5.74) is -1.85. The Morgan fingerprint density at radius 1 is 1.50 bits per heavy atom. The first kappa shape index (κ1) is 10.9. The van der Waals surface area contributed by atoms with Crippen molar-refractivity contribution in [3.8, 4) is 0 Å². The van der Waals surface area contributed by atoms with Crippen molar-refractivity contribution < 1.29 is 18.1 Å². The predicted molar refractivity (Wildman–Crippen MR) is 43.6 cm³/mol. The second kappa shape index (κ2) is 3.52. The molecule has 0 aliphatic heterocycles. The highest BCUT2D eigenvalue weighted by Crippen LogP contribution is 2.35. The van der Waals surface area contributed by atoms with Crippen LogP contribution in [-0.2, 0) is 6.18 Å². The zero-order valence-electron chi connectivity index (χ0n) is 6.38. The molecule has 0 amide bonds. The Hall–Kier alpha value is -1.18. The van der Waals surface area contributed by atoms with Crippen LogP contribution in [0.5, 0.6) is 0 Å². The molecule has 0 saturated carbocycles. The zero-order valence-corrected chi connectivity index (χ0v) is 7.96. The second-order valence-corrected chi connectivity index (χ2v) is 3.04. The first-order chi connectivity index (χ1) is 6.32. The van der Waals surface area contributed by atoms with Crippen molar-refractivity contribution in [2.45, 2.75) is 6.18 Å². The molecule has 1 rings (SSSR count). The highest BCUT2D eigenvalue weighted by molar-refractivity contribution is 9.10. The number of nitro groups is 1. The monoisotopic (exact) mass is 270 g/mol. The van der Waals surface area contributed by atoms with Gasteiger partial charge in [0.15, 0.2) is 0 Å². The summed E-state index contributed by atoms with van der Waals surface area (Å²) in [6, 6.07) is 0.428. The molecular formula is C6H2BrF3N2O2. The summed E-state index contributed by atoms with van der Waals surface area (Å²) in [4.78, 5) is 12.5. The van der Waals surface area contributed by atoms with E-state index >= 15 is 0 Å². The fraction of sp³-hybridized carbons (Fsp3) is 0.167. The minimum Gasteiger partial charge on any atom is -0.258 e. The standard InChI is InChI=1S/C6H2BrF3N2O2/c7-5-4(6(8,9)10)1-3(2-11-5)12(13)14/h1-2H. The number of rotatable bonds is 1. The lowest BCUT2D eigenvalue weighted by molar-refractivity contribution is -0.385. The van der Waals surface area contributed by atoms with Crippen molar-refractivity contribution in [1.29, 1.82) is 0 Å². The van der Waals surface area contributed by atoms with Crippen molar-refractivity contribution in [3.05, 3.63) is 32.5 Å². The van der Waals surface area contributed by atoms with Crippen LogP contribution in [0.4, 0.5) is 18.9 Å². The van der Waals surface area contributed by atoms with Crippen molar-refractivity contribution >= 4 is 21.6 Å². The third kappa shape index (κ3) is 2.19. The van der Waals surface area contributed by atoms with E-state index in [0.717, 1.165) is 6.20 Å². The van der Waals surface area contributed by atoms with Gasteiger partial charge in [-0.05, 0) is 15.9 Å². The molecule has 0 unspecified atom stereocenters. The first-order valence-corrected chi connectivity index (χ1v) is 3.99. The fourth-order valence-corrected chi connectivity index (χ4v) is 1.18. The van der Waals surface area contributed by atoms with E-state index in [-0.39, 0.29) is 0 Å². The highest BCUT2D eigenvalue weighted by Gasteiger charge is 2.35. The van der Waals surface area contributed by atoms with Crippen LogP contribution >= 0.6 is 15.9 Å². The van der Waals surface area contributed by atoms with Crippen LogP contribution in [0.15, 0.2) is 16.9 Å². The van der Waals surface area contributed by atoms with Crippen LogP contribution < -0.4 is 0 Å². The van der Waals surface area contributed by atoms with Gasteiger partial charge in [0, 0.05) is 6.07 Å². The fourth-order valence-electron chi connectivity index (χ4n) is 0.736. The van der Waals surface area contributed by atoms with Gasteiger partial charge in [0.25, 0.3) is 5.69 Å². The minimum atomic E-state index is -4.65. The molecule has 1 aromatic rings. The summed E-state index contributed by atoms with van der Waals surface area (Å²) in [5.74, 6) is 0. The summed E-state index contributed by atoms with van der Waals surface area (Å²) in [7, 11) is 0. The number of aromatic nitrogens is 1. The van der Waals surface area contributed by atoms with Crippen molar-refractivity contribution in [2.75, 3.05) is 0 Å². The summed E-state index contributed by atoms with van der Waals surface area (Å²) < 4.78 is 36.1. The van der Waals surface area contributed by atoms with Gasteiger partial charge >= 0.3 is 6.18 Å². The Bertz CT molecular complexity index is 380. The molecule has 0 radical (unpaired) electrons. The average Bonchev–Trinajstić information content (AvgIpc) is 2.02. The predicted octanol–water partition coefficient (Wildman–Crippen LogP) is 2.77. The molecule has 1 heterocycles. The summed E-state index contributed by atoms with van der Waals surface area (Å²) in [5, 5.41) is 10.2. The molecule has 0 aromatic carbocycles. The lowest BCUT2D eigenvalue weighted by atomic mass is 10.2. The average molecular weight is 271 g/mol. The Kier molecular flexibility index (Phi) is 2.74. The number of hydrogen-bond acceptors (Lipinski definition) is 3. The molecule has 14 heavy (non-hydrogen) atoms. The Labute approximate surface area is 84.0 Å². The molecule has 76 valence electrons. The van der Waals surface area contributed by atoms with E-state index < -0.39 is 27.0 Å². The van der Waals surface area contributed by atoms with E-state index in [1.165, 1.54) is 0 Å². The largest absolute Gasteiger partial charge is 0.419 e. The van der Waals surface area contributed by atoms with Crippen LogP contribution in [-0.4, -0.2) is 9.91 Å². The van der Waals surface area contributed by atoms with Crippen LogP contribution in [0.2, 0.25) is 0 Å². The van der Waals surface area contributed by atoms with Gasteiger partial charge in [0.1, 0.15) is 10.8 Å². The van der Waals surface area contributed by atoms with Crippen molar-refractivity contribution in [3.63, 3.8) is 0 Å². The van der Waals surface area contributed by atoms with Gasteiger partial charge in [-0.1, -0.05) is 0 Å². The third-order valence-corrected chi connectivity index (χ3v) is 1.97. The lowest BCUT2D eigenvalue weighted by Gasteiger charge is -2.06. The summed E-state index contributed by atoms with van der Waals surface area (Å²) >= 11 is 2.56. The summed E-state index contributed by atoms with van der Waals surface area (Å²) in [6.45, 7) is 0. The van der Waals surface area contributed by atoms with Gasteiger partial charge in [0.2, 0.25) is 0 Å². The van der Waals surface area contributed by atoms with Crippen LogP contribution in [0.1, 0.15) is 5.56 Å². The van der Waals surface area contributed by atoms with Gasteiger partial charge in [-0.2, -0.15) is 13.2 Å². The maximum absolute atomic E-state index is 12.2. The number of nitrogens with zero attached hydrogens (tertiary/aromatic N) is 2. The van der Waals surface area contributed by atoms with Crippen molar-refractivity contribution in [2.24, 2.45) is 0 Å². The number of halogens is 4. The molecular weight excluding hydrogens is 269 g/mol. The smallest absolute Gasteiger partial charge is 0.258 e. The van der Waals surface area contributed by atoms with E-state index in [0.29, 0.717) is 6.07 Å². The molecule has 0 bridgehead atoms. The number of alkyl halides is 3. The maximum Gasteiger partial charge on any atom is 0.419 e. The normalized spacial score (nSPS) is 11.4. The van der Waals surface area contributed by atoms with Gasteiger partial charge in [-0.3, -0.25) is 10.1 Å². The van der Waals surface area contributed by atoms with E-state index in [4.69, 9.17) is 0 Å². The van der Waals surface area contributed by atoms with Gasteiger partial charge in [0.05, 0.1) is 10.5 Å². The van der Waals surface area contributed by atoms with E-state index in [9.17, 15) is 23.3 Å². The molecule has 0 aliphatic carbocycles. The highest BCUT2D eigenvalue weighted by atomic mass is 79.9. The molecule has 4 nitrogen and oxygen atoms in total. The Balaban J connectivity index is 3.29. The van der Waals surface area contributed by atoms with Crippen molar-refractivity contribution in [1.82, 2.24) is 4.98 Å². The van der Waals surface area contributed by atoms with Gasteiger partial charge < -0.3 is 0 Å². The molecule has 0 aliphatic rings. The molecule has 0 atom stereocenters. The quantitative estimate of drug-likeness (QED) is 0.448. The minimum absolute atomic E-state index is 0.428. The van der Waals surface area contributed by atoms with E-state index in [1.807, 2.05) is 0 Å². The molecule has 0 N–H and O–H groups in total. The van der Waals surface area contributed by atoms with Gasteiger partial charge in [-0.25, -0.2) is 4.98 Å². The third-order valence-electron chi connectivity index (χ3n) is 1.34. The molecule has 0 spiro atoms. The lowest BCUT2D eigenvalue weighted by Crippen LogP contribution is -2.07. The Morgan fingerprint density at radius 3 is 2.50 bits per heavy atom. The molecule has 1 aromatic heterocycles.